The molecule has 0 amide bonds. The molecule has 0 saturated heterocycles. The van der Waals surface area contributed by atoms with Gasteiger partial charge in [0.15, 0.2) is 5.78 Å². The highest BCUT2D eigenvalue weighted by Gasteiger charge is 2.28. The molecule has 1 fully saturated rings. The first-order chi connectivity index (χ1) is 6.27. The molecular weight excluding hydrogens is 168 g/mol. The Morgan fingerprint density at radius 3 is 2.23 bits per heavy atom. The number of rotatable bonds is 7. The van der Waals surface area contributed by atoms with Crippen molar-refractivity contribution >= 4 is 5.78 Å². The van der Waals surface area contributed by atoms with Crippen molar-refractivity contribution in [2.45, 2.75) is 39.4 Å². The number of carbonyl (C=O) groups is 1. The summed E-state index contributed by atoms with van der Waals surface area (Å²) in [7, 11) is 0. The Labute approximate surface area is 79.4 Å². The molecule has 76 valence electrons. The van der Waals surface area contributed by atoms with E-state index < -0.39 is 6.29 Å². The van der Waals surface area contributed by atoms with Crippen LogP contribution in [0, 0.1) is 5.92 Å². The van der Waals surface area contributed by atoms with Gasteiger partial charge >= 0.3 is 0 Å². The van der Waals surface area contributed by atoms with Gasteiger partial charge in [0.1, 0.15) is 0 Å². The summed E-state index contributed by atoms with van der Waals surface area (Å²) in [5.74, 6) is 0.710. The molecule has 0 aromatic heterocycles. The van der Waals surface area contributed by atoms with Gasteiger partial charge in [-0.25, -0.2) is 0 Å². The summed E-state index contributed by atoms with van der Waals surface area (Å²) >= 11 is 0. The van der Waals surface area contributed by atoms with Crippen LogP contribution in [0.5, 0.6) is 0 Å². The quantitative estimate of drug-likeness (QED) is 0.568. The predicted molar refractivity (Wildman–Crippen MR) is 49.4 cm³/mol. The molecule has 0 atom stereocenters. The van der Waals surface area contributed by atoms with E-state index in [2.05, 4.69) is 0 Å². The fourth-order valence-electron chi connectivity index (χ4n) is 1.24. The maximum Gasteiger partial charge on any atom is 0.217 e. The lowest BCUT2D eigenvalue weighted by Gasteiger charge is -2.14. The molecule has 1 saturated carbocycles. The average Bonchev–Trinajstić information content (AvgIpc) is 2.88. The highest BCUT2D eigenvalue weighted by atomic mass is 16.7. The first-order valence-corrected chi connectivity index (χ1v) is 5.03. The van der Waals surface area contributed by atoms with Crippen molar-refractivity contribution in [3.63, 3.8) is 0 Å². The lowest BCUT2D eigenvalue weighted by Crippen LogP contribution is -2.27. The monoisotopic (exact) mass is 186 g/mol. The maximum absolute atomic E-state index is 11.5. The van der Waals surface area contributed by atoms with E-state index in [4.69, 9.17) is 9.47 Å². The second-order valence-electron chi connectivity index (χ2n) is 3.36. The van der Waals surface area contributed by atoms with Gasteiger partial charge in [-0.05, 0) is 32.6 Å². The molecule has 0 heterocycles. The Kier molecular flexibility index (Phi) is 4.39. The minimum atomic E-state index is -0.615. The fraction of sp³-hybridized carbons (Fsp3) is 0.900. The molecule has 1 rings (SSSR count). The van der Waals surface area contributed by atoms with Gasteiger partial charge in [-0.3, -0.25) is 4.79 Å². The first kappa shape index (κ1) is 10.7. The number of ether oxygens (including phenoxy) is 2. The summed E-state index contributed by atoms with van der Waals surface area (Å²) in [5, 5.41) is 0. The molecule has 1 aliphatic rings. The summed E-state index contributed by atoms with van der Waals surface area (Å²) in [6.07, 6.45) is 2.40. The highest BCUT2D eigenvalue weighted by Crippen LogP contribution is 2.33. The zero-order valence-corrected chi connectivity index (χ0v) is 8.41. The lowest BCUT2D eigenvalue weighted by molar-refractivity contribution is -0.168. The lowest BCUT2D eigenvalue weighted by atomic mass is 10.2. The van der Waals surface area contributed by atoms with E-state index >= 15 is 0 Å². The van der Waals surface area contributed by atoms with Crippen molar-refractivity contribution in [1.29, 1.82) is 0 Å². The minimum Gasteiger partial charge on any atom is -0.346 e. The molecule has 0 bridgehead atoms. The topological polar surface area (TPSA) is 35.5 Å². The van der Waals surface area contributed by atoms with Crippen molar-refractivity contribution in [2.75, 3.05) is 13.2 Å². The molecule has 0 radical (unpaired) electrons. The highest BCUT2D eigenvalue weighted by molar-refractivity contribution is 5.82. The molecule has 3 nitrogen and oxygen atoms in total. The number of Topliss-reactive ketones (excluding diaryl/α,β-unsaturated/α-hetero) is 1. The largest absolute Gasteiger partial charge is 0.346 e. The SMILES string of the molecule is CCOC(OCC)C(=O)CC1CC1. The Morgan fingerprint density at radius 1 is 1.31 bits per heavy atom. The molecule has 0 aliphatic heterocycles. The van der Waals surface area contributed by atoms with Gasteiger partial charge in [0.05, 0.1) is 0 Å². The van der Waals surface area contributed by atoms with Crippen LogP contribution in [-0.2, 0) is 14.3 Å². The summed E-state index contributed by atoms with van der Waals surface area (Å²) in [6, 6.07) is 0. The molecule has 3 heteroatoms. The predicted octanol–water partition coefficient (Wildman–Crippen LogP) is 1.75. The van der Waals surface area contributed by atoms with Crippen LogP contribution in [0.3, 0.4) is 0 Å². The van der Waals surface area contributed by atoms with Crippen molar-refractivity contribution in [2.24, 2.45) is 5.92 Å². The van der Waals surface area contributed by atoms with Crippen LogP contribution in [0.2, 0.25) is 0 Å². The molecule has 0 N–H and O–H groups in total. The third-order valence-electron chi connectivity index (χ3n) is 2.09. The van der Waals surface area contributed by atoms with Gasteiger partial charge in [0, 0.05) is 19.6 Å². The van der Waals surface area contributed by atoms with Crippen LogP contribution in [0.4, 0.5) is 0 Å². The van der Waals surface area contributed by atoms with Crippen LogP contribution in [-0.4, -0.2) is 25.3 Å². The van der Waals surface area contributed by atoms with E-state index in [9.17, 15) is 4.79 Å². The molecule has 1 aliphatic carbocycles. The Morgan fingerprint density at radius 2 is 1.85 bits per heavy atom. The van der Waals surface area contributed by atoms with Crippen molar-refractivity contribution in [1.82, 2.24) is 0 Å². The van der Waals surface area contributed by atoms with Gasteiger partial charge in [0.2, 0.25) is 6.29 Å². The van der Waals surface area contributed by atoms with Gasteiger partial charge in [-0.1, -0.05) is 0 Å². The number of hydrogen-bond donors (Lipinski definition) is 0. The van der Waals surface area contributed by atoms with E-state index in [1.54, 1.807) is 0 Å². The number of carbonyl (C=O) groups excluding carboxylic acids is 1. The van der Waals surface area contributed by atoms with Crippen LogP contribution in [0.25, 0.3) is 0 Å². The van der Waals surface area contributed by atoms with Gasteiger partial charge < -0.3 is 9.47 Å². The smallest absolute Gasteiger partial charge is 0.217 e. The molecular formula is C10H18O3. The second-order valence-corrected chi connectivity index (χ2v) is 3.36. The number of ketones is 1. The zero-order valence-electron chi connectivity index (χ0n) is 8.41. The van der Waals surface area contributed by atoms with Crippen molar-refractivity contribution in [3.8, 4) is 0 Å². The van der Waals surface area contributed by atoms with E-state index in [0.717, 1.165) is 0 Å². The van der Waals surface area contributed by atoms with Crippen molar-refractivity contribution < 1.29 is 14.3 Å². The fourth-order valence-corrected chi connectivity index (χ4v) is 1.24. The van der Waals surface area contributed by atoms with Crippen LogP contribution in [0.1, 0.15) is 33.1 Å². The molecule has 0 aromatic rings. The standard InChI is InChI=1S/C10H18O3/c1-3-12-10(13-4-2)9(11)7-8-5-6-8/h8,10H,3-7H2,1-2H3. The second kappa shape index (κ2) is 5.35. The van der Waals surface area contributed by atoms with Crippen LogP contribution < -0.4 is 0 Å². The van der Waals surface area contributed by atoms with Crippen LogP contribution >= 0.6 is 0 Å². The first-order valence-electron chi connectivity index (χ1n) is 5.03. The van der Waals surface area contributed by atoms with Gasteiger partial charge in [-0.15, -0.1) is 0 Å². The summed E-state index contributed by atoms with van der Waals surface area (Å²) in [5.41, 5.74) is 0. The Balaban J connectivity index is 2.27. The van der Waals surface area contributed by atoms with E-state index in [0.29, 0.717) is 25.6 Å². The molecule has 0 aromatic carbocycles. The summed E-state index contributed by atoms with van der Waals surface area (Å²) < 4.78 is 10.4. The van der Waals surface area contributed by atoms with Gasteiger partial charge in [-0.2, -0.15) is 0 Å². The molecule has 0 unspecified atom stereocenters. The average molecular weight is 186 g/mol. The van der Waals surface area contributed by atoms with E-state index in [1.807, 2.05) is 13.8 Å². The maximum atomic E-state index is 11.5. The summed E-state index contributed by atoms with van der Waals surface area (Å²) in [4.78, 5) is 11.5. The third kappa shape index (κ3) is 3.87. The van der Waals surface area contributed by atoms with Gasteiger partial charge in [0.25, 0.3) is 0 Å². The molecule has 13 heavy (non-hydrogen) atoms. The Hall–Kier alpha value is -0.410. The third-order valence-corrected chi connectivity index (χ3v) is 2.09. The van der Waals surface area contributed by atoms with E-state index in [1.165, 1.54) is 12.8 Å². The zero-order chi connectivity index (χ0) is 9.68. The van der Waals surface area contributed by atoms with E-state index in [-0.39, 0.29) is 5.78 Å². The molecule has 0 spiro atoms. The van der Waals surface area contributed by atoms with Crippen LogP contribution in [0.15, 0.2) is 0 Å². The van der Waals surface area contributed by atoms with Crippen molar-refractivity contribution in [3.05, 3.63) is 0 Å². The number of hydrogen-bond acceptors (Lipinski definition) is 3. The minimum absolute atomic E-state index is 0.103. The Bertz CT molecular complexity index is 158. The normalized spacial score (nSPS) is 16.5. The summed E-state index contributed by atoms with van der Waals surface area (Å²) in [6.45, 7) is 4.80.